The van der Waals surface area contributed by atoms with Crippen molar-refractivity contribution >= 4 is 11.7 Å². The molecule has 20 heavy (non-hydrogen) atoms. The zero-order chi connectivity index (χ0) is 15.1. The van der Waals surface area contributed by atoms with Crippen LogP contribution in [0.3, 0.4) is 0 Å². The minimum Gasteiger partial charge on any atom is -0.485 e. The molecule has 0 aliphatic heterocycles. The molecule has 1 aromatic carbocycles. The third-order valence-corrected chi connectivity index (χ3v) is 2.54. The van der Waals surface area contributed by atoms with Gasteiger partial charge in [-0.3, -0.25) is 14.9 Å². The summed E-state index contributed by atoms with van der Waals surface area (Å²) < 4.78 is 18.5. The number of nitrogens with zero attached hydrogens (tertiary/aromatic N) is 1. The Hall–Kier alpha value is -2.22. The Morgan fingerprint density at radius 1 is 1.60 bits per heavy atom. The number of hydrogen-bond donors (Lipinski definition) is 2. The molecular weight excluding hydrogens is 271 g/mol. The van der Waals surface area contributed by atoms with Gasteiger partial charge in [-0.25, -0.2) is 4.39 Å². The van der Waals surface area contributed by atoms with E-state index in [0.717, 1.165) is 12.1 Å². The van der Waals surface area contributed by atoms with Crippen LogP contribution in [0.5, 0.6) is 5.75 Å². The first-order valence-corrected chi connectivity index (χ1v) is 5.99. The van der Waals surface area contributed by atoms with Gasteiger partial charge in [-0.1, -0.05) is 13.0 Å². The first kappa shape index (κ1) is 15.8. The number of hydrogen-bond acceptors (Lipinski definition) is 5. The summed E-state index contributed by atoms with van der Waals surface area (Å²) >= 11 is 0. The quantitative estimate of drug-likeness (QED) is 0.555. The number of nitro groups is 1. The van der Waals surface area contributed by atoms with Crippen LogP contribution < -0.4 is 10.1 Å². The van der Waals surface area contributed by atoms with Gasteiger partial charge in [-0.2, -0.15) is 0 Å². The van der Waals surface area contributed by atoms with Crippen molar-refractivity contribution in [2.45, 2.75) is 19.4 Å². The number of likely N-dealkylation sites (N-methyl/N-ethyl adjacent to an activating group) is 1. The summed E-state index contributed by atoms with van der Waals surface area (Å²) in [4.78, 5) is 20.9. The van der Waals surface area contributed by atoms with Gasteiger partial charge < -0.3 is 15.2 Å². The van der Waals surface area contributed by atoms with Gasteiger partial charge in [0.15, 0.2) is 5.82 Å². The fourth-order valence-corrected chi connectivity index (χ4v) is 1.62. The van der Waals surface area contributed by atoms with Crippen molar-refractivity contribution in [3.05, 3.63) is 34.1 Å². The lowest BCUT2D eigenvalue weighted by Crippen LogP contribution is -2.37. The van der Waals surface area contributed by atoms with Gasteiger partial charge in [-0.15, -0.1) is 0 Å². The number of rotatable bonds is 8. The number of para-hydroxylation sites is 1. The van der Waals surface area contributed by atoms with Crippen molar-refractivity contribution in [1.29, 1.82) is 0 Å². The Bertz CT molecular complexity index is 495. The van der Waals surface area contributed by atoms with E-state index in [1.54, 1.807) is 6.92 Å². The SMILES string of the molecule is CCNC(CCOc1c(F)cccc1[N+](=O)[O-])C(=O)O. The molecule has 0 fully saturated rings. The molecule has 8 heteroatoms. The number of benzene rings is 1. The Morgan fingerprint density at radius 2 is 2.30 bits per heavy atom. The highest BCUT2D eigenvalue weighted by atomic mass is 19.1. The Balaban J connectivity index is 2.70. The molecule has 1 unspecified atom stereocenters. The van der Waals surface area contributed by atoms with E-state index in [2.05, 4.69) is 5.32 Å². The minimum absolute atomic E-state index is 0.0641. The fourth-order valence-electron chi connectivity index (χ4n) is 1.62. The first-order valence-electron chi connectivity index (χ1n) is 5.99. The molecule has 0 aliphatic rings. The molecule has 7 nitrogen and oxygen atoms in total. The van der Waals surface area contributed by atoms with Crippen LogP contribution in [0.2, 0.25) is 0 Å². The molecule has 1 aromatic rings. The van der Waals surface area contributed by atoms with Crippen molar-refractivity contribution in [2.24, 2.45) is 0 Å². The number of carboxylic acid groups (broad SMARTS) is 1. The highest BCUT2D eigenvalue weighted by Gasteiger charge is 2.21. The van der Waals surface area contributed by atoms with Gasteiger partial charge in [0.1, 0.15) is 6.04 Å². The van der Waals surface area contributed by atoms with Gasteiger partial charge >= 0.3 is 11.7 Å². The van der Waals surface area contributed by atoms with E-state index >= 15 is 0 Å². The van der Waals surface area contributed by atoms with Crippen LogP contribution in [0.25, 0.3) is 0 Å². The van der Waals surface area contributed by atoms with Crippen LogP contribution in [-0.4, -0.2) is 35.2 Å². The lowest BCUT2D eigenvalue weighted by Gasteiger charge is -2.13. The molecule has 1 atom stereocenters. The Labute approximate surface area is 114 Å². The standard InChI is InChI=1S/C12H15FN2O5/c1-2-14-9(12(16)17)6-7-20-11-8(13)4-3-5-10(11)15(18)19/h3-5,9,14H,2,6-7H2,1H3,(H,16,17). The highest BCUT2D eigenvalue weighted by Crippen LogP contribution is 2.29. The third kappa shape index (κ3) is 4.16. The predicted molar refractivity (Wildman–Crippen MR) is 68.3 cm³/mol. The summed E-state index contributed by atoms with van der Waals surface area (Å²) in [5, 5.41) is 22.3. The van der Waals surface area contributed by atoms with Crippen molar-refractivity contribution < 1.29 is 24.0 Å². The van der Waals surface area contributed by atoms with E-state index in [4.69, 9.17) is 9.84 Å². The van der Waals surface area contributed by atoms with Gasteiger partial charge in [0.05, 0.1) is 11.5 Å². The van der Waals surface area contributed by atoms with E-state index in [0.29, 0.717) is 6.54 Å². The molecule has 0 bridgehead atoms. The van der Waals surface area contributed by atoms with Crippen LogP contribution in [0.1, 0.15) is 13.3 Å². The van der Waals surface area contributed by atoms with Gasteiger partial charge in [0.2, 0.25) is 5.75 Å². The lowest BCUT2D eigenvalue weighted by molar-refractivity contribution is -0.386. The van der Waals surface area contributed by atoms with Gasteiger partial charge in [0, 0.05) is 12.5 Å². The normalized spacial score (nSPS) is 11.9. The molecule has 0 saturated carbocycles. The van der Waals surface area contributed by atoms with E-state index in [-0.39, 0.29) is 13.0 Å². The molecule has 2 N–H and O–H groups in total. The molecule has 0 aliphatic carbocycles. The van der Waals surface area contributed by atoms with E-state index in [1.807, 2.05) is 0 Å². The summed E-state index contributed by atoms with van der Waals surface area (Å²) in [6, 6.07) is 2.53. The number of nitrogens with one attached hydrogen (secondary N) is 1. The molecule has 1 rings (SSSR count). The largest absolute Gasteiger partial charge is 0.485 e. The van der Waals surface area contributed by atoms with E-state index in [1.165, 1.54) is 6.07 Å². The molecule has 0 heterocycles. The summed E-state index contributed by atoms with van der Waals surface area (Å²) in [5.74, 6) is -2.38. The van der Waals surface area contributed by atoms with E-state index < -0.39 is 34.2 Å². The zero-order valence-corrected chi connectivity index (χ0v) is 10.8. The number of carbonyl (C=O) groups is 1. The smallest absolute Gasteiger partial charge is 0.320 e. The van der Waals surface area contributed by atoms with Crippen LogP contribution in [0, 0.1) is 15.9 Å². The van der Waals surface area contributed by atoms with Crippen LogP contribution in [-0.2, 0) is 4.79 Å². The Morgan fingerprint density at radius 3 is 2.85 bits per heavy atom. The predicted octanol–water partition coefficient (Wildman–Crippen LogP) is 1.57. The van der Waals surface area contributed by atoms with Crippen LogP contribution in [0.4, 0.5) is 10.1 Å². The van der Waals surface area contributed by atoms with E-state index in [9.17, 15) is 19.3 Å². The summed E-state index contributed by atoms with van der Waals surface area (Å²) in [6.07, 6.45) is 0.0641. The minimum atomic E-state index is -1.06. The average Bonchev–Trinajstić information content (AvgIpc) is 2.38. The fraction of sp³-hybridized carbons (Fsp3) is 0.417. The number of aliphatic carboxylic acids is 1. The van der Waals surface area contributed by atoms with Gasteiger partial charge in [-0.05, 0) is 12.6 Å². The summed E-state index contributed by atoms with van der Waals surface area (Å²) in [7, 11) is 0. The Kier molecular flexibility index (Phi) is 5.85. The first-order chi connectivity index (χ1) is 9.47. The molecule has 0 spiro atoms. The number of nitro benzene ring substituents is 1. The summed E-state index contributed by atoms with van der Waals surface area (Å²) in [6.45, 7) is 2.06. The lowest BCUT2D eigenvalue weighted by atomic mass is 10.2. The maximum absolute atomic E-state index is 13.5. The molecule has 0 saturated heterocycles. The molecule has 110 valence electrons. The molecular formula is C12H15FN2O5. The van der Waals surface area contributed by atoms with Crippen LogP contribution in [0.15, 0.2) is 18.2 Å². The summed E-state index contributed by atoms with van der Waals surface area (Å²) in [5.41, 5.74) is -0.486. The second kappa shape index (κ2) is 7.39. The molecule has 0 radical (unpaired) electrons. The zero-order valence-electron chi connectivity index (χ0n) is 10.8. The van der Waals surface area contributed by atoms with Crippen LogP contribution >= 0.6 is 0 Å². The number of carboxylic acids is 1. The number of ether oxygens (including phenoxy) is 1. The second-order valence-electron chi connectivity index (χ2n) is 3.93. The van der Waals surface area contributed by atoms with Crippen molar-refractivity contribution in [3.8, 4) is 5.75 Å². The third-order valence-electron chi connectivity index (χ3n) is 2.54. The average molecular weight is 286 g/mol. The molecule has 0 amide bonds. The second-order valence-corrected chi connectivity index (χ2v) is 3.93. The maximum atomic E-state index is 13.5. The maximum Gasteiger partial charge on any atom is 0.320 e. The highest BCUT2D eigenvalue weighted by molar-refractivity contribution is 5.73. The van der Waals surface area contributed by atoms with Gasteiger partial charge in [0.25, 0.3) is 0 Å². The van der Waals surface area contributed by atoms with Crippen molar-refractivity contribution in [3.63, 3.8) is 0 Å². The van der Waals surface area contributed by atoms with Crippen molar-refractivity contribution in [1.82, 2.24) is 5.32 Å². The number of halogens is 1. The monoisotopic (exact) mass is 286 g/mol. The topological polar surface area (TPSA) is 102 Å². The molecule has 0 aromatic heterocycles. The van der Waals surface area contributed by atoms with Crippen molar-refractivity contribution in [2.75, 3.05) is 13.2 Å².